The van der Waals surface area contributed by atoms with Crippen LogP contribution in [0.1, 0.15) is 41.0 Å². The zero-order chi connectivity index (χ0) is 27.7. The normalized spacial score (nSPS) is 22.9. The molecule has 3 amide bonds. The fraction of sp³-hybridized carbons (Fsp3) is 0.615. The van der Waals surface area contributed by atoms with Crippen molar-refractivity contribution in [1.82, 2.24) is 20.4 Å². The number of Topliss-reactive ketones (excluding diaryl/α,β-unsaturated/α-hetero) is 1. The predicted octanol–water partition coefficient (Wildman–Crippen LogP) is 1.50. The summed E-state index contributed by atoms with van der Waals surface area (Å²) < 4.78 is 32.7. The first-order chi connectivity index (χ1) is 17.3. The van der Waals surface area contributed by atoms with Crippen molar-refractivity contribution in [3.63, 3.8) is 0 Å². The molecule has 0 aromatic heterocycles. The Morgan fingerprint density at radius 3 is 2.38 bits per heavy atom. The zero-order valence-corrected chi connectivity index (χ0v) is 22.1. The Hall–Kier alpha value is -3.08. The van der Waals surface area contributed by atoms with E-state index >= 15 is 0 Å². The van der Waals surface area contributed by atoms with Crippen LogP contribution in [-0.4, -0.2) is 84.2 Å². The molecule has 11 heteroatoms. The molecule has 1 aromatic rings. The molecule has 0 aliphatic carbocycles. The number of likely N-dealkylation sites (tertiary alicyclic amines) is 2. The molecule has 204 valence electrons. The first-order valence-corrected chi connectivity index (χ1v) is 12.4. The van der Waals surface area contributed by atoms with Gasteiger partial charge in [0.25, 0.3) is 5.91 Å². The minimum Gasteiger partial charge on any atom is -0.493 e. The van der Waals surface area contributed by atoms with Gasteiger partial charge in [0.2, 0.25) is 17.6 Å². The molecular weight excluding hydrogens is 486 g/mol. The van der Waals surface area contributed by atoms with E-state index in [0.717, 1.165) is 12.1 Å². The van der Waals surface area contributed by atoms with Crippen LogP contribution in [0.5, 0.6) is 5.75 Å². The number of nitrogens with zero attached hydrogens (tertiary/aromatic N) is 2. The lowest BCUT2D eigenvalue weighted by molar-refractivity contribution is -0.144. The summed E-state index contributed by atoms with van der Waals surface area (Å²) in [4.78, 5) is 54.3. The van der Waals surface area contributed by atoms with Gasteiger partial charge in [0, 0.05) is 32.0 Å². The van der Waals surface area contributed by atoms with Crippen LogP contribution in [0.3, 0.4) is 0 Å². The number of halogens is 2. The van der Waals surface area contributed by atoms with E-state index in [-0.39, 0.29) is 36.6 Å². The standard InChI is InChI=1S/C26H36F2N4O5/c1-14(29-6)23(34)30-22(26(3,4)5)25(36)31-10-9-20-21(31)16(12-32(20)24(35)15(2)33)13-37-17-7-8-18(27)19(28)11-17/h7-8,11,14,16,20-22,29H,9-10,12-13H2,1-6H3,(H,30,34)/t14-,16+,20+,21+,22?/m0/s1. The summed E-state index contributed by atoms with van der Waals surface area (Å²) in [6, 6.07) is 0.996. The highest BCUT2D eigenvalue weighted by molar-refractivity contribution is 6.35. The fourth-order valence-corrected chi connectivity index (χ4v) is 5.03. The molecule has 2 aliphatic heterocycles. The Balaban J connectivity index is 1.87. The molecule has 0 bridgehead atoms. The number of carbonyl (C=O) groups excluding carboxylic acids is 4. The van der Waals surface area contributed by atoms with Crippen LogP contribution in [0, 0.1) is 23.0 Å². The molecule has 2 saturated heterocycles. The van der Waals surface area contributed by atoms with Gasteiger partial charge in [-0.25, -0.2) is 8.78 Å². The second-order valence-corrected chi connectivity index (χ2v) is 10.9. The topological polar surface area (TPSA) is 108 Å². The number of amides is 3. The van der Waals surface area contributed by atoms with Crippen molar-refractivity contribution in [2.45, 2.75) is 65.2 Å². The van der Waals surface area contributed by atoms with Gasteiger partial charge in [0.15, 0.2) is 11.6 Å². The number of likely N-dealkylation sites (N-methyl/N-ethyl adjacent to an activating group) is 1. The van der Waals surface area contributed by atoms with Crippen LogP contribution in [0.4, 0.5) is 8.78 Å². The minimum atomic E-state index is -1.05. The molecule has 2 N–H and O–H groups in total. The third-order valence-corrected chi connectivity index (χ3v) is 7.16. The third kappa shape index (κ3) is 6.08. The molecule has 1 aromatic carbocycles. The molecule has 2 heterocycles. The summed E-state index contributed by atoms with van der Waals surface area (Å²) in [5.41, 5.74) is -0.608. The number of hydrogen-bond acceptors (Lipinski definition) is 6. The quantitative estimate of drug-likeness (QED) is 0.501. The van der Waals surface area contributed by atoms with Crippen LogP contribution < -0.4 is 15.4 Å². The smallest absolute Gasteiger partial charge is 0.289 e. The summed E-state index contributed by atoms with van der Waals surface area (Å²) in [5, 5.41) is 5.73. The van der Waals surface area contributed by atoms with Crippen LogP contribution in [0.15, 0.2) is 18.2 Å². The summed E-state index contributed by atoms with van der Waals surface area (Å²) in [5.74, 6) is -4.16. The molecular formula is C26H36F2N4O5. The van der Waals surface area contributed by atoms with Gasteiger partial charge >= 0.3 is 0 Å². The van der Waals surface area contributed by atoms with Gasteiger partial charge in [0.05, 0.1) is 24.7 Å². The van der Waals surface area contributed by atoms with E-state index in [4.69, 9.17) is 4.74 Å². The molecule has 1 unspecified atom stereocenters. The zero-order valence-electron chi connectivity index (χ0n) is 22.1. The highest BCUT2D eigenvalue weighted by Crippen LogP contribution is 2.38. The largest absolute Gasteiger partial charge is 0.493 e. The average molecular weight is 523 g/mol. The number of fused-ring (bicyclic) bond motifs is 1. The van der Waals surface area contributed by atoms with Crippen LogP contribution in [0.2, 0.25) is 0 Å². The first kappa shape index (κ1) is 28.5. The molecule has 2 fully saturated rings. The van der Waals surface area contributed by atoms with Crippen molar-refractivity contribution < 1.29 is 32.7 Å². The molecule has 0 spiro atoms. The number of nitrogens with one attached hydrogen (secondary N) is 2. The van der Waals surface area contributed by atoms with E-state index in [2.05, 4.69) is 10.6 Å². The summed E-state index contributed by atoms with van der Waals surface area (Å²) in [6.45, 7) is 8.99. The number of ketones is 1. The highest BCUT2D eigenvalue weighted by Gasteiger charge is 2.54. The van der Waals surface area contributed by atoms with Gasteiger partial charge in [-0.1, -0.05) is 20.8 Å². The van der Waals surface area contributed by atoms with E-state index in [1.54, 1.807) is 18.9 Å². The van der Waals surface area contributed by atoms with Crippen molar-refractivity contribution in [2.75, 3.05) is 26.7 Å². The maximum absolute atomic E-state index is 13.9. The minimum absolute atomic E-state index is 0.0149. The van der Waals surface area contributed by atoms with Gasteiger partial charge in [-0.05, 0) is 37.9 Å². The lowest BCUT2D eigenvalue weighted by Crippen LogP contribution is -2.59. The average Bonchev–Trinajstić information content (AvgIpc) is 3.41. The van der Waals surface area contributed by atoms with E-state index < -0.39 is 52.9 Å². The van der Waals surface area contributed by atoms with Gasteiger partial charge in [-0.15, -0.1) is 0 Å². The SMILES string of the molecule is CN[C@@H](C)C(=O)NC(C(=O)N1CC[C@@H]2[C@H]1[C@@H](COc1ccc(F)c(F)c1)CN2C(=O)C(C)=O)C(C)(C)C. The Morgan fingerprint density at radius 1 is 1.14 bits per heavy atom. The van der Waals surface area contributed by atoms with Gasteiger partial charge in [-0.2, -0.15) is 0 Å². The van der Waals surface area contributed by atoms with Gasteiger partial charge in [-0.3, -0.25) is 19.2 Å². The molecule has 37 heavy (non-hydrogen) atoms. The van der Waals surface area contributed by atoms with Crippen molar-refractivity contribution in [3.05, 3.63) is 29.8 Å². The third-order valence-electron chi connectivity index (χ3n) is 7.16. The Labute approximate surface area is 215 Å². The summed E-state index contributed by atoms with van der Waals surface area (Å²) >= 11 is 0. The number of ether oxygens (including phenoxy) is 1. The maximum Gasteiger partial charge on any atom is 0.289 e. The Kier molecular flexibility index (Phi) is 8.56. The fourth-order valence-electron chi connectivity index (χ4n) is 5.03. The second kappa shape index (κ2) is 11.1. The molecule has 5 atom stereocenters. The maximum atomic E-state index is 13.9. The van der Waals surface area contributed by atoms with Crippen molar-refractivity contribution >= 4 is 23.5 Å². The van der Waals surface area contributed by atoms with Gasteiger partial charge < -0.3 is 25.2 Å². The number of carbonyl (C=O) groups is 4. The lowest BCUT2D eigenvalue weighted by Gasteiger charge is -2.37. The highest BCUT2D eigenvalue weighted by atomic mass is 19.2. The van der Waals surface area contributed by atoms with Crippen LogP contribution in [-0.2, 0) is 19.2 Å². The number of benzene rings is 1. The number of rotatable bonds is 8. The summed E-state index contributed by atoms with van der Waals surface area (Å²) in [7, 11) is 1.65. The molecule has 3 rings (SSSR count). The van der Waals surface area contributed by atoms with E-state index in [1.807, 2.05) is 20.8 Å². The van der Waals surface area contributed by atoms with E-state index in [9.17, 15) is 28.0 Å². The molecule has 0 saturated carbocycles. The van der Waals surface area contributed by atoms with E-state index in [0.29, 0.717) is 13.0 Å². The monoisotopic (exact) mass is 522 g/mol. The molecule has 0 radical (unpaired) electrons. The van der Waals surface area contributed by atoms with Crippen LogP contribution in [0.25, 0.3) is 0 Å². The Morgan fingerprint density at radius 2 is 1.81 bits per heavy atom. The predicted molar refractivity (Wildman–Crippen MR) is 132 cm³/mol. The van der Waals surface area contributed by atoms with E-state index in [1.165, 1.54) is 17.9 Å². The second-order valence-electron chi connectivity index (χ2n) is 10.9. The lowest BCUT2D eigenvalue weighted by atomic mass is 9.85. The summed E-state index contributed by atoms with van der Waals surface area (Å²) in [6.07, 6.45) is 0.467. The first-order valence-electron chi connectivity index (χ1n) is 12.4. The molecule has 2 aliphatic rings. The van der Waals surface area contributed by atoms with Crippen LogP contribution >= 0.6 is 0 Å². The van der Waals surface area contributed by atoms with Crippen molar-refractivity contribution in [1.29, 1.82) is 0 Å². The number of hydrogen-bond donors (Lipinski definition) is 2. The van der Waals surface area contributed by atoms with Gasteiger partial charge in [0.1, 0.15) is 11.8 Å². The Bertz CT molecular complexity index is 1060. The van der Waals surface area contributed by atoms with Crippen molar-refractivity contribution in [2.24, 2.45) is 11.3 Å². The molecule has 9 nitrogen and oxygen atoms in total. The van der Waals surface area contributed by atoms with Crippen molar-refractivity contribution in [3.8, 4) is 5.75 Å².